The molecular formula is C18H16N4O5S. The fourth-order valence-electron chi connectivity index (χ4n) is 2.26. The van der Waals surface area contributed by atoms with Gasteiger partial charge in [-0.3, -0.25) is 14.9 Å². The lowest BCUT2D eigenvalue weighted by Gasteiger charge is -2.04. The van der Waals surface area contributed by atoms with E-state index in [1.165, 1.54) is 24.3 Å². The van der Waals surface area contributed by atoms with Crippen molar-refractivity contribution in [2.75, 3.05) is 5.32 Å². The summed E-state index contributed by atoms with van der Waals surface area (Å²) in [7, 11) is -3.77. The van der Waals surface area contributed by atoms with Crippen LogP contribution in [0.3, 0.4) is 0 Å². The minimum atomic E-state index is -3.77. The van der Waals surface area contributed by atoms with Crippen molar-refractivity contribution >= 4 is 27.9 Å². The van der Waals surface area contributed by atoms with Gasteiger partial charge in [0.15, 0.2) is 5.69 Å². The summed E-state index contributed by atoms with van der Waals surface area (Å²) in [5.74, 6) is -0.927. The topological polar surface area (TPSA) is 144 Å². The van der Waals surface area contributed by atoms with Gasteiger partial charge in [-0.15, -0.1) is 0 Å². The molecule has 0 bridgehead atoms. The third-order valence-corrected chi connectivity index (χ3v) is 4.63. The SMILES string of the molecule is NS(=O)(=O)c1ccc(CNC(=O)c2coc(NC(=O)c3ccccc3)n2)cc1. The Kier molecular flexibility index (Phi) is 5.52. The van der Waals surface area contributed by atoms with Crippen LogP contribution in [0.1, 0.15) is 26.4 Å². The maximum Gasteiger partial charge on any atom is 0.302 e. The molecule has 0 aliphatic carbocycles. The van der Waals surface area contributed by atoms with E-state index in [1.54, 1.807) is 30.3 Å². The normalized spacial score (nSPS) is 11.0. The van der Waals surface area contributed by atoms with Gasteiger partial charge in [0.05, 0.1) is 4.90 Å². The highest BCUT2D eigenvalue weighted by Crippen LogP contribution is 2.11. The zero-order valence-electron chi connectivity index (χ0n) is 14.5. The summed E-state index contributed by atoms with van der Waals surface area (Å²) in [5, 5.41) is 10.1. The van der Waals surface area contributed by atoms with Crippen molar-refractivity contribution in [2.45, 2.75) is 11.4 Å². The highest BCUT2D eigenvalue weighted by molar-refractivity contribution is 7.89. The quantitative estimate of drug-likeness (QED) is 0.572. The number of carbonyl (C=O) groups excluding carboxylic acids is 2. The van der Waals surface area contributed by atoms with E-state index in [1.807, 2.05) is 0 Å². The Hall–Kier alpha value is -3.50. The summed E-state index contributed by atoms with van der Waals surface area (Å²) in [6, 6.07) is 14.2. The Morgan fingerprint density at radius 2 is 1.68 bits per heavy atom. The van der Waals surface area contributed by atoms with E-state index >= 15 is 0 Å². The number of carbonyl (C=O) groups is 2. The van der Waals surface area contributed by atoms with Gasteiger partial charge >= 0.3 is 6.01 Å². The summed E-state index contributed by atoms with van der Waals surface area (Å²) >= 11 is 0. The second-order valence-electron chi connectivity index (χ2n) is 5.73. The molecule has 2 aromatic carbocycles. The minimum Gasteiger partial charge on any atom is -0.431 e. The van der Waals surface area contributed by atoms with Crippen LogP contribution in [0.4, 0.5) is 6.01 Å². The molecule has 0 unspecified atom stereocenters. The van der Waals surface area contributed by atoms with Crippen LogP contribution in [-0.2, 0) is 16.6 Å². The summed E-state index contributed by atoms with van der Waals surface area (Å²) in [5.41, 5.74) is 1.08. The van der Waals surface area contributed by atoms with E-state index < -0.39 is 21.8 Å². The highest BCUT2D eigenvalue weighted by atomic mass is 32.2. The predicted octanol–water partition coefficient (Wildman–Crippen LogP) is 1.50. The molecule has 9 nitrogen and oxygen atoms in total. The number of hydrogen-bond donors (Lipinski definition) is 3. The third kappa shape index (κ3) is 4.81. The van der Waals surface area contributed by atoms with Crippen molar-refractivity contribution in [3.63, 3.8) is 0 Å². The van der Waals surface area contributed by atoms with Crippen LogP contribution in [0, 0.1) is 0 Å². The van der Waals surface area contributed by atoms with E-state index in [2.05, 4.69) is 15.6 Å². The molecule has 0 atom stereocenters. The highest BCUT2D eigenvalue weighted by Gasteiger charge is 2.15. The molecule has 0 fully saturated rings. The molecule has 0 saturated carbocycles. The second-order valence-corrected chi connectivity index (χ2v) is 7.29. The number of aromatic nitrogens is 1. The van der Waals surface area contributed by atoms with Crippen LogP contribution >= 0.6 is 0 Å². The molecule has 28 heavy (non-hydrogen) atoms. The molecule has 3 rings (SSSR count). The van der Waals surface area contributed by atoms with E-state index in [-0.39, 0.29) is 23.1 Å². The van der Waals surface area contributed by atoms with E-state index in [9.17, 15) is 18.0 Å². The largest absolute Gasteiger partial charge is 0.431 e. The predicted molar refractivity (Wildman–Crippen MR) is 99.9 cm³/mol. The van der Waals surface area contributed by atoms with Gasteiger partial charge in [-0.1, -0.05) is 30.3 Å². The minimum absolute atomic E-state index is 0.00971. The van der Waals surface area contributed by atoms with Gasteiger partial charge in [-0.05, 0) is 29.8 Å². The molecule has 0 radical (unpaired) electrons. The summed E-state index contributed by atoms with van der Waals surface area (Å²) < 4.78 is 27.5. The van der Waals surface area contributed by atoms with Crippen LogP contribution in [0.2, 0.25) is 0 Å². The number of oxazole rings is 1. The van der Waals surface area contributed by atoms with E-state index in [0.717, 1.165) is 6.26 Å². The Labute approximate surface area is 160 Å². The van der Waals surface area contributed by atoms with Crippen molar-refractivity contribution in [3.8, 4) is 0 Å². The van der Waals surface area contributed by atoms with Crippen LogP contribution in [0.15, 0.2) is 70.2 Å². The van der Waals surface area contributed by atoms with Crippen molar-refractivity contribution in [1.29, 1.82) is 0 Å². The smallest absolute Gasteiger partial charge is 0.302 e. The number of anilines is 1. The Morgan fingerprint density at radius 3 is 2.32 bits per heavy atom. The Balaban J connectivity index is 1.57. The standard InChI is InChI=1S/C18H16N4O5S/c19-28(25,26)14-8-6-12(7-9-14)10-20-17(24)15-11-27-18(21-15)22-16(23)13-4-2-1-3-5-13/h1-9,11H,10H2,(H,20,24)(H2,19,25,26)(H,21,22,23). The fraction of sp³-hybridized carbons (Fsp3) is 0.0556. The number of amides is 2. The van der Waals surface area contributed by atoms with Crippen molar-refractivity contribution < 1.29 is 22.4 Å². The number of rotatable bonds is 6. The molecule has 0 aliphatic rings. The van der Waals surface area contributed by atoms with Crippen LogP contribution in [-0.4, -0.2) is 25.2 Å². The lowest BCUT2D eigenvalue weighted by molar-refractivity contribution is 0.0944. The van der Waals surface area contributed by atoms with Gasteiger partial charge in [0, 0.05) is 12.1 Å². The molecule has 2 amide bonds. The van der Waals surface area contributed by atoms with Gasteiger partial charge in [0.1, 0.15) is 6.26 Å². The maximum absolute atomic E-state index is 12.2. The monoisotopic (exact) mass is 400 g/mol. The first-order valence-electron chi connectivity index (χ1n) is 8.05. The molecular weight excluding hydrogens is 384 g/mol. The number of nitrogens with two attached hydrogens (primary N) is 1. The Morgan fingerprint density at radius 1 is 1.00 bits per heavy atom. The van der Waals surface area contributed by atoms with Crippen LogP contribution in [0.25, 0.3) is 0 Å². The summed E-state index contributed by atoms with van der Waals surface area (Å²) in [6.07, 6.45) is 1.13. The fourth-order valence-corrected chi connectivity index (χ4v) is 2.78. The number of primary sulfonamides is 1. The van der Waals surface area contributed by atoms with E-state index in [4.69, 9.17) is 9.56 Å². The molecule has 4 N–H and O–H groups in total. The Bertz CT molecular complexity index is 1090. The number of hydrogen-bond acceptors (Lipinski definition) is 6. The summed E-state index contributed by atoms with van der Waals surface area (Å²) in [6.45, 7) is 0.141. The van der Waals surface area contributed by atoms with Gasteiger partial charge in [0.25, 0.3) is 11.8 Å². The lowest BCUT2D eigenvalue weighted by atomic mass is 10.2. The molecule has 0 spiro atoms. The number of nitrogens with one attached hydrogen (secondary N) is 2. The van der Waals surface area contributed by atoms with Gasteiger partial charge < -0.3 is 9.73 Å². The third-order valence-electron chi connectivity index (χ3n) is 3.70. The summed E-state index contributed by atoms with van der Waals surface area (Å²) in [4.78, 5) is 28.1. The number of nitrogens with zero attached hydrogens (tertiary/aromatic N) is 1. The van der Waals surface area contributed by atoms with Crippen molar-refractivity contribution in [3.05, 3.63) is 77.7 Å². The molecule has 0 aliphatic heterocycles. The van der Waals surface area contributed by atoms with E-state index in [0.29, 0.717) is 11.1 Å². The average molecular weight is 400 g/mol. The average Bonchev–Trinajstić information content (AvgIpc) is 3.15. The molecule has 1 aromatic heterocycles. The van der Waals surface area contributed by atoms with Gasteiger partial charge in [-0.25, -0.2) is 13.6 Å². The van der Waals surface area contributed by atoms with Crippen molar-refractivity contribution in [2.24, 2.45) is 5.14 Å². The first-order chi connectivity index (χ1) is 13.3. The van der Waals surface area contributed by atoms with Crippen LogP contribution in [0.5, 0.6) is 0 Å². The molecule has 1 heterocycles. The first kappa shape index (κ1) is 19.3. The lowest BCUT2D eigenvalue weighted by Crippen LogP contribution is -2.23. The van der Waals surface area contributed by atoms with Gasteiger partial charge in [-0.2, -0.15) is 4.98 Å². The zero-order valence-corrected chi connectivity index (χ0v) is 15.3. The maximum atomic E-state index is 12.2. The second kappa shape index (κ2) is 8.03. The number of sulfonamides is 1. The van der Waals surface area contributed by atoms with Crippen LogP contribution < -0.4 is 15.8 Å². The first-order valence-corrected chi connectivity index (χ1v) is 9.59. The molecule has 10 heteroatoms. The molecule has 3 aromatic rings. The molecule has 144 valence electrons. The van der Waals surface area contributed by atoms with Crippen molar-refractivity contribution in [1.82, 2.24) is 10.3 Å². The molecule has 0 saturated heterocycles. The number of benzene rings is 2. The zero-order chi connectivity index (χ0) is 20.1. The van der Waals surface area contributed by atoms with Gasteiger partial charge in [0.2, 0.25) is 10.0 Å².